The van der Waals surface area contributed by atoms with Gasteiger partial charge in [0, 0.05) is 51.5 Å². The van der Waals surface area contributed by atoms with E-state index >= 15 is 0 Å². The highest BCUT2D eigenvalue weighted by atomic mass is 15.3. The molecule has 0 aliphatic carbocycles. The van der Waals surface area contributed by atoms with Crippen LogP contribution in [0.25, 0.3) is 0 Å². The Morgan fingerprint density at radius 2 is 1.81 bits per heavy atom. The van der Waals surface area contributed by atoms with Crippen LogP contribution >= 0.6 is 0 Å². The molecule has 2 N–H and O–H groups in total. The molecule has 1 fully saturated rings. The highest BCUT2D eigenvalue weighted by molar-refractivity contribution is 5.46. The van der Waals surface area contributed by atoms with Crippen LogP contribution in [0.4, 0.5) is 5.69 Å². The monoisotopic (exact) mass is 290 g/mol. The zero-order valence-electron chi connectivity index (χ0n) is 13.6. The van der Waals surface area contributed by atoms with E-state index in [-0.39, 0.29) is 0 Å². The van der Waals surface area contributed by atoms with Crippen molar-refractivity contribution >= 4 is 5.69 Å². The molecule has 21 heavy (non-hydrogen) atoms. The molecular weight excluding hydrogens is 260 g/mol. The first kappa shape index (κ1) is 16.3. The summed E-state index contributed by atoms with van der Waals surface area (Å²) < 4.78 is 0. The molecule has 0 bridgehead atoms. The fourth-order valence-electron chi connectivity index (χ4n) is 2.86. The second-order valence-electron chi connectivity index (χ2n) is 6.12. The van der Waals surface area contributed by atoms with Gasteiger partial charge < -0.3 is 10.6 Å². The Morgan fingerprint density at radius 1 is 1.10 bits per heavy atom. The molecule has 0 saturated carbocycles. The number of para-hydroxylation sites is 1. The average Bonchev–Trinajstić information content (AvgIpc) is 2.49. The summed E-state index contributed by atoms with van der Waals surface area (Å²) in [5.74, 6) is 0. The molecule has 0 aromatic heterocycles. The van der Waals surface area contributed by atoms with Crippen LogP contribution in [-0.4, -0.2) is 67.6 Å². The normalized spacial score (nSPS) is 17.5. The number of anilines is 1. The maximum absolute atomic E-state index is 6.08. The fraction of sp³-hybridized carbons (Fsp3) is 0.647. The predicted octanol–water partition coefficient (Wildman–Crippen LogP) is 1.73. The van der Waals surface area contributed by atoms with Crippen LogP contribution in [0.1, 0.15) is 18.9 Å². The van der Waals surface area contributed by atoms with Crippen LogP contribution in [0.3, 0.4) is 0 Å². The quantitative estimate of drug-likeness (QED) is 0.776. The first-order valence-corrected chi connectivity index (χ1v) is 8.15. The van der Waals surface area contributed by atoms with Crippen LogP contribution < -0.4 is 5.73 Å². The highest BCUT2D eigenvalue weighted by Gasteiger charge is 2.15. The van der Waals surface area contributed by atoms with Crippen molar-refractivity contribution < 1.29 is 0 Å². The SMILES string of the molecule is CCCN(CCN1CCN(C)CC1)Cc1ccccc1N. The Morgan fingerprint density at radius 3 is 2.48 bits per heavy atom. The number of nitrogens with zero attached hydrogens (tertiary/aromatic N) is 3. The molecule has 118 valence electrons. The van der Waals surface area contributed by atoms with Gasteiger partial charge in [-0.3, -0.25) is 9.80 Å². The molecule has 2 rings (SSSR count). The van der Waals surface area contributed by atoms with Gasteiger partial charge in [-0.25, -0.2) is 0 Å². The lowest BCUT2D eigenvalue weighted by Crippen LogP contribution is -2.47. The highest BCUT2D eigenvalue weighted by Crippen LogP contribution is 2.13. The molecule has 0 amide bonds. The number of nitrogen functional groups attached to an aromatic ring is 1. The van der Waals surface area contributed by atoms with Gasteiger partial charge in [0.2, 0.25) is 0 Å². The zero-order valence-corrected chi connectivity index (χ0v) is 13.6. The summed E-state index contributed by atoms with van der Waals surface area (Å²) in [7, 11) is 2.21. The van der Waals surface area contributed by atoms with Gasteiger partial charge in [-0.05, 0) is 31.6 Å². The molecule has 4 heteroatoms. The summed E-state index contributed by atoms with van der Waals surface area (Å²) in [5, 5.41) is 0. The molecule has 1 aliphatic rings. The van der Waals surface area contributed by atoms with Crippen molar-refractivity contribution in [2.75, 3.05) is 58.6 Å². The summed E-state index contributed by atoms with van der Waals surface area (Å²) in [6.45, 7) is 11.4. The molecular formula is C17H30N4. The van der Waals surface area contributed by atoms with Gasteiger partial charge >= 0.3 is 0 Å². The third kappa shape index (κ3) is 5.30. The van der Waals surface area contributed by atoms with E-state index in [1.165, 1.54) is 44.7 Å². The smallest absolute Gasteiger partial charge is 0.0359 e. The molecule has 1 aromatic carbocycles. The summed E-state index contributed by atoms with van der Waals surface area (Å²) in [5.41, 5.74) is 8.25. The van der Waals surface area contributed by atoms with Crippen LogP contribution in [0.5, 0.6) is 0 Å². The third-order valence-corrected chi connectivity index (χ3v) is 4.32. The van der Waals surface area contributed by atoms with Crippen LogP contribution in [-0.2, 0) is 6.54 Å². The van der Waals surface area contributed by atoms with Crippen LogP contribution in [0, 0.1) is 0 Å². The maximum Gasteiger partial charge on any atom is 0.0359 e. The minimum Gasteiger partial charge on any atom is -0.398 e. The van der Waals surface area contributed by atoms with Crippen molar-refractivity contribution in [3.63, 3.8) is 0 Å². The van der Waals surface area contributed by atoms with E-state index < -0.39 is 0 Å². The van der Waals surface area contributed by atoms with Crippen molar-refractivity contribution in [1.82, 2.24) is 14.7 Å². The van der Waals surface area contributed by atoms with Crippen molar-refractivity contribution in [2.24, 2.45) is 0 Å². The lowest BCUT2D eigenvalue weighted by atomic mass is 10.1. The number of likely N-dealkylation sites (N-methyl/N-ethyl adjacent to an activating group) is 1. The molecule has 4 nitrogen and oxygen atoms in total. The summed E-state index contributed by atoms with van der Waals surface area (Å²) in [4.78, 5) is 7.52. The van der Waals surface area contributed by atoms with E-state index in [4.69, 9.17) is 5.73 Å². The number of hydrogen-bond donors (Lipinski definition) is 1. The van der Waals surface area contributed by atoms with E-state index in [2.05, 4.69) is 40.8 Å². The minimum absolute atomic E-state index is 0.915. The molecule has 1 saturated heterocycles. The number of piperazine rings is 1. The molecule has 1 aliphatic heterocycles. The van der Waals surface area contributed by atoms with Gasteiger partial charge in [0.25, 0.3) is 0 Å². The fourth-order valence-corrected chi connectivity index (χ4v) is 2.86. The maximum atomic E-state index is 6.08. The van der Waals surface area contributed by atoms with Gasteiger partial charge in [0.15, 0.2) is 0 Å². The Labute approximate surface area is 129 Å². The Bertz CT molecular complexity index is 413. The summed E-state index contributed by atoms with van der Waals surface area (Å²) in [6, 6.07) is 8.23. The van der Waals surface area contributed by atoms with Crippen molar-refractivity contribution in [2.45, 2.75) is 19.9 Å². The lowest BCUT2D eigenvalue weighted by Gasteiger charge is -2.34. The number of nitrogens with two attached hydrogens (primary N) is 1. The average molecular weight is 290 g/mol. The van der Waals surface area contributed by atoms with E-state index in [0.29, 0.717) is 0 Å². The third-order valence-electron chi connectivity index (χ3n) is 4.32. The van der Waals surface area contributed by atoms with E-state index in [1.54, 1.807) is 0 Å². The number of benzene rings is 1. The molecule has 0 spiro atoms. The number of hydrogen-bond acceptors (Lipinski definition) is 4. The zero-order chi connectivity index (χ0) is 15.1. The molecule has 0 radical (unpaired) electrons. The van der Waals surface area contributed by atoms with Gasteiger partial charge in [-0.2, -0.15) is 0 Å². The largest absolute Gasteiger partial charge is 0.398 e. The second kappa shape index (κ2) is 8.37. The van der Waals surface area contributed by atoms with Crippen LogP contribution in [0.2, 0.25) is 0 Å². The van der Waals surface area contributed by atoms with Crippen molar-refractivity contribution in [3.05, 3.63) is 29.8 Å². The predicted molar refractivity (Wildman–Crippen MR) is 90.4 cm³/mol. The number of rotatable bonds is 7. The first-order valence-electron chi connectivity index (χ1n) is 8.15. The Kier molecular flexibility index (Phi) is 6.49. The first-order chi connectivity index (χ1) is 10.2. The lowest BCUT2D eigenvalue weighted by molar-refractivity contribution is 0.133. The molecule has 0 unspecified atom stereocenters. The van der Waals surface area contributed by atoms with Crippen LogP contribution in [0.15, 0.2) is 24.3 Å². The van der Waals surface area contributed by atoms with Gasteiger partial charge in [0.05, 0.1) is 0 Å². The van der Waals surface area contributed by atoms with E-state index in [1.807, 2.05) is 12.1 Å². The molecule has 1 aromatic rings. The van der Waals surface area contributed by atoms with Crippen molar-refractivity contribution in [1.29, 1.82) is 0 Å². The molecule has 1 heterocycles. The van der Waals surface area contributed by atoms with Gasteiger partial charge in [0.1, 0.15) is 0 Å². The van der Waals surface area contributed by atoms with E-state index in [0.717, 1.165) is 25.3 Å². The minimum atomic E-state index is 0.915. The van der Waals surface area contributed by atoms with Crippen molar-refractivity contribution in [3.8, 4) is 0 Å². The molecule has 0 atom stereocenters. The standard InChI is InChI=1S/C17H30N4/c1-3-8-21(15-16-6-4-5-7-17(16)18)14-13-20-11-9-19(2)10-12-20/h4-7H,3,8-15,18H2,1-2H3. The topological polar surface area (TPSA) is 35.7 Å². The second-order valence-corrected chi connectivity index (χ2v) is 6.12. The van der Waals surface area contributed by atoms with E-state index in [9.17, 15) is 0 Å². The van der Waals surface area contributed by atoms with Gasteiger partial charge in [-0.1, -0.05) is 25.1 Å². The summed E-state index contributed by atoms with van der Waals surface area (Å²) in [6.07, 6.45) is 1.19. The Balaban J connectivity index is 1.83. The Hall–Kier alpha value is -1.10. The summed E-state index contributed by atoms with van der Waals surface area (Å²) >= 11 is 0. The van der Waals surface area contributed by atoms with Gasteiger partial charge in [-0.15, -0.1) is 0 Å².